The van der Waals surface area contributed by atoms with Crippen LogP contribution in [0, 0.1) is 0 Å². The predicted molar refractivity (Wildman–Crippen MR) is 106 cm³/mol. The van der Waals surface area contributed by atoms with E-state index in [1.807, 2.05) is 0 Å². The van der Waals surface area contributed by atoms with Crippen LogP contribution in [0.3, 0.4) is 0 Å². The minimum atomic E-state index is -1.44. The lowest BCUT2D eigenvalue weighted by atomic mass is 10.2. The summed E-state index contributed by atoms with van der Waals surface area (Å²) in [6.45, 7) is 5.60. The molecule has 0 fully saturated rings. The van der Waals surface area contributed by atoms with E-state index in [4.69, 9.17) is 15.2 Å². The third kappa shape index (κ3) is 36.6. The molecule has 0 saturated carbocycles. The van der Waals surface area contributed by atoms with Gasteiger partial charge >= 0.3 is 11.9 Å². The molecule has 0 amide bonds. The molecular formula is C19H39N3O8. The highest BCUT2D eigenvalue weighted by molar-refractivity contribution is 5.72. The van der Waals surface area contributed by atoms with E-state index in [0.717, 1.165) is 22.1 Å². The van der Waals surface area contributed by atoms with Crippen LogP contribution in [0.15, 0.2) is 0 Å². The molecule has 0 heterocycles. The second-order valence-electron chi connectivity index (χ2n) is 8.54. The maximum atomic E-state index is 10.3. The van der Waals surface area contributed by atoms with Gasteiger partial charge in [-0.25, -0.2) is 0 Å². The van der Waals surface area contributed by atoms with Gasteiger partial charge < -0.3 is 44.0 Å². The van der Waals surface area contributed by atoms with Crippen LogP contribution in [-0.2, 0) is 28.7 Å². The van der Waals surface area contributed by atoms with Gasteiger partial charge in [-0.2, -0.15) is 0 Å². The van der Waals surface area contributed by atoms with E-state index in [1.54, 1.807) is 0 Å². The molecule has 0 aliphatic rings. The molecule has 0 radical (unpaired) electrons. The summed E-state index contributed by atoms with van der Waals surface area (Å²) in [6, 6.07) is -1.21. The van der Waals surface area contributed by atoms with Gasteiger partial charge in [0.25, 0.3) is 0 Å². The summed E-state index contributed by atoms with van der Waals surface area (Å²) >= 11 is 0. The van der Waals surface area contributed by atoms with Crippen molar-refractivity contribution in [2.24, 2.45) is 5.73 Å². The Labute approximate surface area is 179 Å². The molecule has 0 unspecified atom stereocenters. The third-order valence-corrected chi connectivity index (χ3v) is 3.10. The van der Waals surface area contributed by atoms with Crippen molar-refractivity contribution in [3.63, 3.8) is 0 Å². The van der Waals surface area contributed by atoms with Crippen LogP contribution >= 0.6 is 0 Å². The molecule has 0 bridgehead atoms. The van der Waals surface area contributed by atoms with E-state index < -0.39 is 18.0 Å². The number of carboxylic acids is 2. The molecule has 178 valence electrons. The SMILES string of the molecule is CC(=O)OCC[N+](C)(C)C.CC(=O)OCC[N+](C)(C)C.N[C@@H](CCC(=O)[O-])C(=O)[O-]. The van der Waals surface area contributed by atoms with Crippen molar-refractivity contribution in [3.05, 3.63) is 0 Å². The topological polar surface area (TPSA) is 159 Å². The highest BCUT2D eigenvalue weighted by Crippen LogP contribution is 1.91. The fourth-order valence-electron chi connectivity index (χ4n) is 1.32. The van der Waals surface area contributed by atoms with E-state index in [9.17, 15) is 29.4 Å². The Bertz CT molecular complexity index is 495. The van der Waals surface area contributed by atoms with Crippen molar-refractivity contribution in [2.75, 3.05) is 68.6 Å². The van der Waals surface area contributed by atoms with Crippen LogP contribution in [0.25, 0.3) is 0 Å². The van der Waals surface area contributed by atoms with Crippen LogP contribution in [0.2, 0.25) is 0 Å². The fraction of sp³-hybridized carbons (Fsp3) is 0.789. The Kier molecular flexibility index (Phi) is 17.9. The van der Waals surface area contributed by atoms with E-state index in [0.29, 0.717) is 13.2 Å². The fourth-order valence-corrected chi connectivity index (χ4v) is 1.32. The Morgan fingerprint density at radius 2 is 1.13 bits per heavy atom. The average Bonchev–Trinajstić information content (AvgIpc) is 2.50. The van der Waals surface area contributed by atoms with E-state index in [2.05, 4.69) is 42.3 Å². The minimum Gasteiger partial charge on any atom is -0.550 e. The molecule has 0 aromatic rings. The van der Waals surface area contributed by atoms with Crippen molar-refractivity contribution < 1.29 is 47.8 Å². The standard InChI is InChI=1S/2C7H16NO2.C5H9NO4/c2*1-7(9)10-6-5-8(2,3)4;6-3(5(9)10)1-2-4(7)8/h2*5-6H2,1-4H3;3H,1-2,6H2,(H,7,8)(H,9,10)/q2*+1;/p-2/t;;3-/m..0/s1. The first-order valence-electron chi connectivity index (χ1n) is 9.41. The second-order valence-corrected chi connectivity index (χ2v) is 8.54. The Morgan fingerprint density at radius 1 is 0.800 bits per heavy atom. The number of carbonyl (C=O) groups is 4. The molecule has 0 aliphatic heterocycles. The lowest BCUT2D eigenvalue weighted by Crippen LogP contribution is -2.42. The molecule has 0 aliphatic carbocycles. The smallest absolute Gasteiger partial charge is 0.302 e. The molecule has 1 atom stereocenters. The van der Waals surface area contributed by atoms with E-state index in [1.165, 1.54) is 13.8 Å². The number of hydrogen-bond acceptors (Lipinski definition) is 9. The van der Waals surface area contributed by atoms with Crippen LogP contribution in [0.1, 0.15) is 26.7 Å². The summed E-state index contributed by atoms with van der Waals surface area (Å²) in [5.41, 5.74) is 4.91. The van der Waals surface area contributed by atoms with Crippen molar-refractivity contribution >= 4 is 23.9 Å². The first-order valence-corrected chi connectivity index (χ1v) is 9.41. The molecular weight excluding hydrogens is 398 g/mol. The van der Waals surface area contributed by atoms with Gasteiger partial charge in [-0.3, -0.25) is 9.59 Å². The lowest BCUT2D eigenvalue weighted by Gasteiger charge is -2.23. The number of ether oxygens (including phenoxy) is 2. The number of nitrogens with two attached hydrogens (primary N) is 1. The maximum Gasteiger partial charge on any atom is 0.302 e. The number of rotatable bonds is 10. The van der Waals surface area contributed by atoms with Gasteiger partial charge in [0.05, 0.1) is 48.3 Å². The Balaban J connectivity index is -0.000000364. The summed E-state index contributed by atoms with van der Waals surface area (Å²) in [6.07, 6.45) is -0.500. The zero-order chi connectivity index (χ0) is 24.5. The molecule has 11 nitrogen and oxygen atoms in total. The quantitative estimate of drug-likeness (QED) is 0.279. The minimum absolute atomic E-state index is 0.148. The summed E-state index contributed by atoms with van der Waals surface area (Å²) < 4.78 is 11.2. The molecule has 30 heavy (non-hydrogen) atoms. The maximum absolute atomic E-state index is 10.3. The largest absolute Gasteiger partial charge is 0.550 e. The predicted octanol–water partition coefficient (Wildman–Crippen LogP) is -2.89. The van der Waals surface area contributed by atoms with Gasteiger partial charge in [0, 0.05) is 25.9 Å². The number of aliphatic carboxylic acids is 2. The average molecular weight is 438 g/mol. The van der Waals surface area contributed by atoms with E-state index in [-0.39, 0.29) is 24.8 Å². The number of likely N-dealkylation sites (N-methyl/N-ethyl adjacent to an activating group) is 2. The van der Waals surface area contributed by atoms with Crippen LogP contribution in [0.4, 0.5) is 0 Å². The van der Waals surface area contributed by atoms with Gasteiger partial charge in [-0.05, 0) is 12.8 Å². The summed E-state index contributed by atoms with van der Waals surface area (Å²) in [5.74, 6) is -3.15. The number of carbonyl (C=O) groups excluding carboxylic acids is 4. The zero-order valence-electron chi connectivity index (χ0n) is 19.6. The van der Waals surface area contributed by atoms with Crippen molar-refractivity contribution in [2.45, 2.75) is 32.7 Å². The highest BCUT2D eigenvalue weighted by atomic mass is 16.5. The number of carboxylic acid groups (broad SMARTS) is 2. The molecule has 0 aromatic carbocycles. The van der Waals surface area contributed by atoms with Gasteiger partial charge in [0.1, 0.15) is 26.3 Å². The molecule has 11 heteroatoms. The van der Waals surface area contributed by atoms with Gasteiger partial charge in [0.15, 0.2) is 0 Å². The molecule has 0 spiro atoms. The van der Waals surface area contributed by atoms with Gasteiger partial charge in [0.2, 0.25) is 0 Å². The number of quaternary nitrogens is 2. The molecule has 0 saturated heterocycles. The van der Waals surface area contributed by atoms with Crippen molar-refractivity contribution in [1.29, 1.82) is 0 Å². The van der Waals surface area contributed by atoms with E-state index >= 15 is 0 Å². The van der Waals surface area contributed by atoms with Crippen molar-refractivity contribution in [1.82, 2.24) is 0 Å². The number of esters is 2. The lowest BCUT2D eigenvalue weighted by molar-refractivity contribution is -0.870. The Hall–Kier alpha value is -2.24. The van der Waals surface area contributed by atoms with Crippen LogP contribution < -0.4 is 15.9 Å². The summed E-state index contributed by atoms with van der Waals surface area (Å²) in [4.78, 5) is 40.2. The summed E-state index contributed by atoms with van der Waals surface area (Å²) in [5, 5.41) is 19.6. The normalized spacial score (nSPS) is 11.6. The molecule has 2 N–H and O–H groups in total. The van der Waals surface area contributed by atoms with Crippen LogP contribution in [0.5, 0.6) is 0 Å². The Morgan fingerprint density at radius 3 is 1.33 bits per heavy atom. The third-order valence-electron chi connectivity index (χ3n) is 3.10. The second kappa shape index (κ2) is 16.5. The first kappa shape index (κ1) is 32.4. The number of nitrogens with zero attached hydrogens (tertiary/aromatic N) is 2. The highest BCUT2D eigenvalue weighted by Gasteiger charge is 2.07. The molecule has 0 rings (SSSR count). The number of hydrogen-bond donors (Lipinski definition) is 1. The first-order chi connectivity index (χ1) is 13.4. The van der Waals surface area contributed by atoms with Gasteiger partial charge in [-0.15, -0.1) is 0 Å². The summed E-state index contributed by atoms with van der Waals surface area (Å²) in [7, 11) is 12.4. The molecule has 0 aromatic heterocycles. The van der Waals surface area contributed by atoms with Gasteiger partial charge in [-0.1, -0.05) is 0 Å². The zero-order valence-corrected chi connectivity index (χ0v) is 19.6. The monoisotopic (exact) mass is 437 g/mol. The van der Waals surface area contributed by atoms with Crippen LogP contribution in [-0.4, -0.2) is 107 Å². The van der Waals surface area contributed by atoms with Crippen molar-refractivity contribution in [3.8, 4) is 0 Å².